The van der Waals surface area contributed by atoms with Crippen LogP contribution in [0.4, 0.5) is 13.2 Å². The third-order valence-electron chi connectivity index (χ3n) is 2.44. The predicted molar refractivity (Wildman–Crippen MR) is 62.9 cm³/mol. The first kappa shape index (κ1) is 14.7. The zero-order valence-corrected chi connectivity index (χ0v) is 11.0. The molecule has 0 saturated carbocycles. The van der Waals surface area contributed by atoms with Crippen molar-refractivity contribution in [1.29, 1.82) is 5.26 Å². The minimum Gasteiger partial charge on any atom is -0.293 e. The molecule has 1 rings (SSSR count). The Morgan fingerprint density at radius 2 is 2.11 bits per heavy atom. The van der Waals surface area contributed by atoms with E-state index < -0.39 is 23.4 Å². The standard InChI is InChI=1S/C12H9BrF3NO/c1-2-7(6-17)11(18)8-3-4-10(13)9(5-8)12(14,15)16/h3-5,7H,2H2,1H3. The zero-order chi connectivity index (χ0) is 13.9. The zero-order valence-electron chi connectivity index (χ0n) is 9.38. The average Bonchev–Trinajstić information content (AvgIpc) is 2.29. The van der Waals surface area contributed by atoms with Gasteiger partial charge in [0, 0.05) is 10.0 Å². The van der Waals surface area contributed by atoms with E-state index in [0.29, 0.717) is 0 Å². The van der Waals surface area contributed by atoms with Gasteiger partial charge >= 0.3 is 6.18 Å². The molecule has 96 valence electrons. The molecule has 0 spiro atoms. The van der Waals surface area contributed by atoms with E-state index in [4.69, 9.17) is 5.26 Å². The minimum absolute atomic E-state index is 0.0982. The maximum atomic E-state index is 12.7. The van der Waals surface area contributed by atoms with Gasteiger partial charge in [-0.3, -0.25) is 4.79 Å². The van der Waals surface area contributed by atoms with Gasteiger partial charge in [-0.2, -0.15) is 18.4 Å². The Kier molecular flexibility index (Phi) is 4.52. The highest BCUT2D eigenvalue weighted by atomic mass is 79.9. The Bertz CT molecular complexity index is 505. The van der Waals surface area contributed by atoms with Crippen LogP contribution in [0.15, 0.2) is 22.7 Å². The van der Waals surface area contributed by atoms with Gasteiger partial charge in [-0.15, -0.1) is 0 Å². The maximum absolute atomic E-state index is 12.7. The normalized spacial score (nSPS) is 12.9. The van der Waals surface area contributed by atoms with Crippen molar-refractivity contribution in [3.63, 3.8) is 0 Å². The molecule has 0 aromatic heterocycles. The highest BCUT2D eigenvalue weighted by Crippen LogP contribution is 2.35. The lowest BCUT2D eigenvalue weighted by atomic mass is 9.95. The molecular formula is C12H9BrF3NO. The lowest BCUT2D eigenvalue weighted by molar-refractivity contribution is -0.138. The largest absolute Gasteiger partial charge is 0.417 e. The number of Topliss-reactive ketones (excluding diaryl/α,β-unsaturated/α-hetero) is 1. The van der Waals surface area contributed by atoms with E-state index in [2.05, 4.69) is 15.9 Å². The maximum Gasteiger partial charge on any atom is 0.417 e. The molecule has 0 heterocycles. The smallest absolute Gasteiger partial charge is 0.293 e. The second-order valence-corrected chi connectivity index (χ2v) is 4.50. The molecule has 0 N–H and O–H groups in total. The quantitative estimate of drug-likeness (QED) is 0.783. The summed E-state index contributed by atoms with van der Waals surface area (Å²) in [5, 5.41) is 8.74. The number of ketones is 1. The van der Waals surface area contributed by atoms with Crippen LogP contribution in [0.5, 0.6) is 0 Å². The van der Waals surface area contributed by atoms with Crippen molar-refractivity contribution in [2.75, 3.05) is 0 Å². The van der Waals surface area contributed by atoms with Crippen LogP contribution in [0.25, 0.3) is 0 Å². The monoisotopic (exact) mass is 319 g/mol. The second-order valence-electron chi connectivity index (χ2n) is 3.65. The first-order chi connectivity index (χ1) is 8.31. The van der Waals surface area contributed by atoms with Crippen LogP contribution < -0.4 is 0 Å². The third kappa shape index (κ3) is 3.10. The van der Waals surface area contributed by atoms with Gasteiger partial charge in [0.1, 0.15) is 5.92 Å². The summed E-state index contributed by atoms with van der Waals surface area (Å²) >= 11 is 2.79. The number of nitrogens with zero attached hydrogens (tertiary/aromatic N) is 1. The number of benzene rings is 1. The fourth-order valence-corrected chi connectivity index (χ4v) is 1.90. The van der Waals surface area contributed by atoms with Crippen LogP contribution in [-0.4, -0.2) is 5.78 Å². The Labute approximate surface area is 111 Å². The number of carbonyl (C=O) groups excluding carboxylic acids is 1. The Morgan fingerprint density at radius 1 is 1.50 bits per heavy atom. The summed E-state index contributed by atoms with van der Waals surface area (Å²) in [7, 11) is 0. The molecule has 0 aliphatic heterocycles. The molecule has 0 aliphatic carbocycles. The number of carbonyl (C=O) groups is 1. The van der Waals surface area contributed by atoms with Crippen molar-refractivity contribution in [2.45, 2.75) is 19.5 Å². The summed E-state index contributed by atoms with van der Waals surface area (Å²) in [6.07, 6.45) is -4.27. The van der Waals surface area contributed by atoms with E-state index in [-0.39, 0.29) is 16.5 Å². The first-order valence-electron chi connectivity index (χ1n) is 5.11. The summed E-state index contributed by atoms with van der Waals surface area (Å²) in [4.78, 5) is 11.8. The van der Waals surface area contributed by atoms with Gasteiger partial charge in [0.05, 0.1) is 11.6 Å². The molecule has 1 unspecified atom stereocenters. The lowest BCUT2D eigenvalue weighted by Crippen LogP contribution is -2.14. The summed E-state index contributed by atoms with van der Waals surface area (Å²) in [5.74, 6) is -1.50. The molecule has 2 nitrogen and oxygen atoms in total. The molecular weight excluding hydrogens is 311 g/mol. The van der Waals surface area contributed by atoms with E-state index >= 15 is 0 Å². The number of hydrogen-bond acceptors (Lipinski definition) is 2. The Balaban J connectivity index is 3.22. The molecule has 1 atom stereocenters. The van der Waals surface area contributed by atoms with Crippen molar-refractivity contribution in [3.05, 3.63) is 33.8 Å². The van der Waals surface area contributed by atoms with Gasteiger partial charge in [0.2, 0.25) is 0 Å². The van der Waals surface area contributed by atoms with Gasteiger partial charge < -0.3 is 0 Å². The second kappa shape index (κ2) is 5.53. The molecule has 0 fully saturated rings. The average molecular weight is 320 g/mol. The molecule has 18 heavy (non-hydrogen) atoms. The van der Waals surface area contributed by atoms with Crippen molar-refractivity contribution in [2.24, 2.45) is 5.92 Å². The van der Waals surface area contributed by atoms with E-state index in [9.17, 15) is 18.0 Å². The van der Waals surface area contributed by atoms with Crippen LogP contribution in [0.2, 0.25) is 0 Å². The van der Waals surface area contributed by atoms with Crippen molar-refractivity contribution >= 4 is 21.7 Å². The van der Waals surface area contributed by atoms with Crippen molar-refractivity contribution < 1.29 is 18.0 Å². The highest BCUT2D eigenvalue weighted by molar-refractivity contribution is 9.10. The number of hydrogen-bond donors (Lipinski definition) is 0. The van der Waals surface area contributed by atoms with Crippen molar-refractivity contribution in [1.82, 2.24) is 0 Å². The van der Waals surface area contributed by atoms with Crippen LogP contribution in [0, 0.1) is 17.2 Å². The van der Waals surface area contributed by atoms with Crippen LogP contribution in [-0.2, 0) is 6.18 Å². The molecule has 0 amide bonds. The molecule has 6 heteroatoms. The van der Waals surface area contributed by atoms with Gasteiger partial charge in [0.25, 0.3) is 0 Å². The number of alkyl halides is 3. The number of rotatable bonds is 3. The number of halogens is 4. The van der Waals surface area contributed by atoms with E-state index in [1.807, 2.05) is 0 Å². The topological polar surface area (TPSA) is 40.9 Å². The summed E-state index contributed by atoms with van der Waals surface area (Å²) in [5.41, 5.74) is -1.01. The Hall–Kier alpha value is -1.35. The number of nitriles is 1. The van der Waals surface area contributed by atoms with Crippen molar-refractivity contribution in [3.8, 4) is 6.07 Å². The summed E-state index contributed by atoms with van der Waals surface area (Å²) < 4.78 is 37.8. The molecule has 1 aromatic carbocycles. The van der Waals surface area contributed by atoms with Crippen LogP contribution in [0.3, 0.4) is 0 Å². The summed E-state index contributed by atoms with van der Waals surface area (Å²) in [6.45, 7) is 1.63. The SMILES string of the molecule is CCC(C#N)C(=O)c1ccc(Br)c(C(F)(F)F)c1. The highest BCUT2D eigenvalue weighted by Gasteiger charge is 2.34. The van der Waals surface area contributed by atoms with Gasteiger partial charge in [0.15, 0.2) is 5.78 Å². The Morgan fingerprint density at radius 3 is 2.56 bits per heavy atom. The first-order valence-corrected chi connectivity index (χ1v) is 5.91. The van der Waals surface area contributed by atoms with E-state index in [1.54, 1.807) is 13.0 Å². The van der Waals surface area contributed by atoms with E-state index in [0.717, 1.165) is 6.07 Å². The molecule has 0 aliphatic rings. The lowest BCUT2D eigenvalue weighted by Gasteiger charge is -2.11. The van der Waals surface area contributed by atoms with Gasteiger partial charge in [-0.25, -0.2) is 0 Å². The van der Waals surface area contributed by atoms with Crippen LogP contribution in [0.1, 0.15) is 29.3 Å². The molecule has 0 saturated heterocycles. The third-order valence-corrected chi connectivity index (χ3v) is 3.13. The summed E-state index contributed by atoms with van der Waals surface area (Å²) in [6, 6.07) is 5.00. The van der Waals surface area contributed by atoms with Crippen LogP contribution >= 0.6 is 15.9 Å². The molecule has 0 bridgehead atoms. The molecule has 0 radical (unpaired) electrons. The van der Waals surface area contributed by atoms with Gasteiger partial charge in [-0.05, 0) is 18.6 Å². The van der Waals surface area contributed by atoms with E-state index in [1.165, 1.54) is 12.1 Å². The fraction of sp³-hybridized carbons (Fsp3) is 0.333. The predicted octanol–water partition coefficient (Wildman–Crippen LogP) is 4.20. The van der Waals surface area contributed by atoms with Gasteiger partial charge in [-0.1, -0.05) is 28.9 Å². The minimum atomic E-state index is -4.54. The fourth-order valence-electron chi connectivity index (χ4n) is 1.43. The molecule has 1 aromatic rings.